The van der Waals surface area contributed by atoms with Gasteiger partial charge in [0.2, 0.25) is 23.6 Å². The van der Waals surface area contributed by atoms with Crippen LogP contribution in [-0.4, -0.2) is 80.1 Å². The van der Waals surface area contributed by atoms with Crippen molar-refractivity contribution in [3.8, 4) is 5.75 Å². The summed E-state index contributed by atoms with van der Waals surface area (Å²) >= 11 is 0. The molecule has 0 aliphatic rings. The summed E-state index contributed by atoms with van der Waals surface area (Å²) in [6.45, 7) is 2.48. The smallest absolute Gasteiger partial charge is 0.326 e. The Morgan fingerprint density at radius 1 is 0.625 bits per heavy atom. The molecule has 14 nitrogen and oxygen atoms in total. The number of nitrogens with two attached hydrogens (primary N) is 1. The minimum absolute atomic E-state index is 0.000691. The van der Waals surface area contributed by atoms with Crippen molar-refractivity contribution in [1.82, 2.24) is 30.8 Å². The van der Waals surface area contributed by atoms with Crippen LogP contribution in [0.4, 0.5) is 4.39 Å². The number of carbonyl (C=O) groups is 5. The molecule has 0 aliphatic heterocycles. The van der Waals surface area contributed by atoms with Crippen LogP contribution in [0, 0.1) is 5.82 Å². The Balaban J connectivity index is 1.21. The molecule has 0 saturated heterocycles. The summed E-state index contributed by atoms with van der Waals surface area (Å²) in [5, 5.41) is 30.9. The predicted molar refractivity (Wildman–Crippen MR) is 274 cm³/mol. The molecule has 5 aromatic carbocycles. The number of carboxylic acids is 1. The van der Waals surface area contributed by atoms with Crippen LogP contribution in [-0.2, 0) is 48.8 Å². The molecule has 8 N–H and O–H groups in total. The van der Waals surface area contributed by atoms with Crippen molar-refractivity contribution in [3.05, 3.63) is 191 Å². The number of carboxylic acid groups (broad SMARTS) is 1. The number of nitrogens with one attached hydrogen (secondary N) is 4. The number of phenolic OH excluding ortho intramolecular Hbond substituents is 1. The summed E-state index contributed by atoms with van der Waals surface area (Å²) in [5.41, 5.74) is 10.2. The van der Waals surface area contributed by atoms with Crippen molar-refractivity contribution < 1.29 is 38.6 Å². The van der Waals surface area contributed by atoms with E-state index in [0.717, 1.165) is 48.8 Å². The van der Waals surface area contributed by atoms with Gasteiger partial charge in [0.15, 0.2) is 0 Å². The highest BCUT2D eigenvalue weighted by molar-refractivity contribution is 5.94. The molecule has 15 heteroatoms. The van der Waals surface area contributed by atoms with Gasteiger partial charge in [-0.15, -0.1) is 0 Å². The maximum atomic E-state index is 14.4. The van der Waals surface area contributed by atoms with Crippen molar-refractivity contribution >= 4 is 29.6 Å². The number of nitrogens with zero attached hydrogens (tertiary/aromatic N) is 2. The molecular formula is C57H66FN7O7. The highest BCUT2D eigenvalue weighted by Gasteiger charge is 2.39. The lowest BCUT2D eigenvalue weighted by molar-refractivity contribution is -0.142. The van der Waals surface area contributed by atoms with Gasteiger partial charge in [0.25, 0.3) is 0 Å². The third kappa shape index (κ3) is 15.2. The molecule has 0 fully saturated rings. The minimum atomic E-state index is -1.42. The maximum absolute atomic E-state index is 14.4. The van der Waals surface area contributed by atoms with Gasteiger partial charge in [0, 0.05) is 38.4 Å². The van der Waals surface area contributed by atoms with E-state index in [9.17, 15) is 38.6 Å². The zero-order valence-electron chi connectivity index (χ0n) is 40.7. The van der Waals surface area contributed by atoms with Crippen LogP contribution in [0.3, 0.4) is 0 Å². The van der Waals surface area contributed by atoms with Gasteiger partial charge in [-0.25, -0.2) is 14.2 Å². The molecule has 1 heterocycles. The first-order valence-corrected chi connectivity index (χ1v) is 24.8. The number of unbranched alkanes of at least 4 members (excludes halogenated alkanes) is 5. The zero-order chi connectivity index (χ0) is 51.3. The molecule has 0 radical (unpaired) electrons. The number of aromatic nitrogens is 2. The third-order valence-corrected chi connectivity index (χ3v) is 12.7. The molecule has 0 unspecified atom stereocenters. The normalized spacial score (nSPS) is 13.0. The second-order valence-corrected chi connectivity index (χ2v) is 18.1. The fourth-order valence-corrected chi connectivity index (χ4v) is 8.86. The Labute approximate surface area is 420 Å². The first kappa shape index (κ1) is 53.7. The van der Waals surface area contributed by atoms with E-state index in [0.29, 0.717) is 42.6 Å². The highest BCUT2D eigenvalue weighted by Crippen LogP contribution is 2.40. The van der Waals surface area contributed by atoms with Crippen molar-refractivity contribution in [2.45, 2.75) is 114 Å². The van der Waals surface area contributed by atoms with Crippen molar-refractivity contribution in [1.29, 1.82) is 0 Å². The average Bonchev–Trinajstić information content (AvgIpc) is 3.85. The maximum Gasteiger partial charge on any atom is 0.326 e. The van der Waals surface area contributed by atoms with Crippen molar-refractivity contribution in [3.63, 3.8) is 0 Å². The van der Waals surface area contributed by atoms with Gasteiger partial charge in [-0.2, -0.15) is 0 Å². The van der Waals surface area contributed by atoms with Crippen LogP contribution < -0.4 is 27.0 Å². The number of imidazole rings is 1. The molecule has 0 saturated carbocycles. The standard InChI is InChI=1S/C57H66FN7O7/c1-2-3-4-5-15-25-52(67)60-34-17-16-24-49(54(69)63-50(35-40-26-30-45(58)31-27-40)55(70)64-51(56(71)72)36-41-28-32-47(66)33-29-41)62-53(68)48(59)37-46-38-65(39-61-46)57(42-18-9-6-10-19-42,43-20-11-7-12-21-43)44-22-13-8-14-23-44/h6-14,18-23,26-33,38-39,48-51,66H,2-5,15-17,24-25,34-37,59H2,1H3,(H,60,67)(H,62,68)(H,63,69)(H,64,70)(H,71,72)/t48-,49-,50+,51-/m0/s1. The highest BCUT2D eigenvalue weighted by atomic mass is 19.1. The summed E-state index contributed by atoms with van der Waals surface area (Å²) in [6.07, 6.45) is 9.79. The number of halogens is 1. The molecule has 0 aliphatic carbocycles. The van der Waals surface area contributed by atoms with E-state index in [1.165, 1.54) is 48.5 Å². The van der Waals surface area contributed by atoms with Crippen LogP contribution in [0.2, 0.25) is 0 Å². The van der Waals surface area contributed by atoms with Gasteiger partial charge < -0.3 is 41.8 Å². The van der Waals surface area contributed by atoms with E-state index in [-0.39, 0.29) is 37.3 Å². The summed E-state index contributed by atoms with van der Waals surface area (Å²) in [5.74, 6) is -4.13. The quantitative estimate of drug-likeness (QED) is 0.0197. The lowest BCUT2D eigenvalue weighted by Crippen LogP contribution is -2.58. The molecule has 4 amide bonds. The monoisotopic (exact) mass is 980 g/mol. The topological polar surface area (TPSA) is 218 Å². The van der Waals surface area contributed by atoms with Crippen LogP contribution >= 0.6 is 0 Å². The fourth-order valence-electron chi connectivity index (χ4n) is 8.86. The Morgan fingerprint density at radius 3 is 1.71 bits per heavy atom. The number of carbonyl (C=O) groups excluding carboxylic acids is 4. The number of aromatic hydroxyl groups is 1. The lowest BCUT2D eigenvalue weighted by atomic mass is 9.77. The molecule has 378 valence electrons. The second kappa shape index (κ2) is 27.1. The average molecular weight is 980 g/mol. The van der Waals surface area contributed by atoms with Gasteiger partial charge in [-0.05, 0) is 77.8 Å². The summed E-state index contributed by atoms with van der Waals surface area (Å²) in [6, 6.07) is 36.2. The van der Waals surface area contributed by atoms with Gasteiger partial charge in [-0.3, -0.25) is 19.2 Å². The summed E-state index contributed by atoms with van der Waals surface area (Å²) in [7, 11) is 0. The first-order chi connectivity index (χ1) is 34.9. The number of rotatable bonds is 28. The van der Waals surface area contributed by atoms with E-state index in [1.54, 1.807) is 6.33 Å². The number of hydrogen-bond donors (Lipinski definition) is 7. The lowest BCUT2D eigenvalue weighted by Gasteiger charge is -2.37. The number of hydrogen-bond acceptors (Lipinski definition) is 8. The van der Waals surface area contributed by atoms with E-state index in [4.69, 9.17) is 10.7 Å². The predicted octanol–water partition coefficient (Wildman–Crippen LogP) is 7.11. The molecule has 6 rings (SSSR count). The number of aliphatic carboxylic acids is 1. The van der Waals surface area contributed by atoms with Crippen LogP contribution in [0.25, 0.3) is 0 Å². The Hall–Kier alpha value is -7.65. The summed E-state index contributed by atoms with van der Waals surface area (Å²) < 4.78 is 16.0. The molecule has 1 aromatic heterocycles. The minimum Gasteiger partial charge on any atom is -0.508 e. The van der Waals surface area contributed by atoms with Crippen LogP contribution in [0.1, 0.15) is 98.2 Å². The van der Waals surface area contributed by atoms with Gasteiger partial charge in [0.1, 0.15) is 35.2 Å². The van der Waals surface area contributed by atoms with Crippen molar-refractivity contribution in [2.75, 3.05) is 6.54 Å². The van der Waals surface area contributed by atoms with E-state index in [2.05, 4.69) is 64.6 Å². The Kier molecular flexibility index (Phi) is 20.2. The number of amides is 4. The molecule has 4 atom stereocenters. The second-order valence-electron chi connectivity index (χ2n) is 18.1. The van der Waals surface area contributed by atoms with Gasteiger partial charge >= 0.3 is 5.97 Å². The van der Waals surface area contributed by atoms with Gasteiger partial charge in [-0.1, -0.05) is 148 Å². The number of phenols is 1. The molecular weight excluding hydrogens is 914 g/mol. The SMILES string of the molecule is CCCCCCCC(=O)NCCCC[C@H](NC(=O)[C@@H](N)Cc1cn(C(c2ccccc2)(c2ccccc2)c2ccccc2)cn1)C(=O)N[C@H](Cc1ccc(F)cc1)C(=O)N[C@@H](Cc1ccc(O)cc1)C(=O)O. The molecule has 6 aromatic rings. The molecule has 0 spiro atoms. The zero-order valence-corrected chi connectivity index (χ0v) is 40.7. The van der Waals surface area contributed by atoms with Crippen LogP contribution in [0.5, 0.6) is 5.75 Å². The third-order valence-electron chi connectivity index (χ3n) is 12.7. The fraction of sp³-hybridized carbons (Fsp3) is 0.333. The van der Waals surface area contributed by atoms with Crippen LogP contribution in [0.15, 0.2) is 152 Å². The largest absolute Gasteiger partial charge is 0.508 e. The van der Waals surface area contributed by atoms with Crippen molar-refractivity contribution in [2.24, 2.45) is 5.73 Å². The van der Waals surface area contributed by atoms with Gasteiger partial charge in [0.05, 0.1) is 18.1 Å². The van der Waals surface area contributed by atoms with E-state index >= 15 is 0 Å². The Morgan fingerprint density at radius 2 is 1.14 bits per heavy atom. The first-order valence-electron chi connectivity index (χ1n) is 24.8. The molecule has 72 heavy (non-hydrogen) atoms. The van der Waals surface area contributed by atoms with E-state index < -0.39 is 59.2 Å². The summed E-state index contributed by atoms with van der Waals surface area (Å²) in [4.78, 5) is 72.3. The Bertz CT molecular complexity index is 2550. The van der Waals surface area contributed by atoms with E-state index in [1.807, 2.05) is 65.4 Å². The molecule has 0 bridgehead atoms. The number of benzene rings is 5.